The van der Waals surface area contributed by atoms with Gasteiger partial charge in [-0.2, -0.15) is 10.1 Å². The van der Waals surface area contributed by atoms with Crippen molar-refractivity contribution < 1.29 is 19.1 Å². The summed E-state index contributed by atoms with van der Waals surface area (Å²) in [6.45, 7) is 3.47. The number of pyridine rings is 1. The fourth-order valence-corrected chi connectivity index (χ4v) is 3.17. The molecule has 31 heavy (non-hydrogen) atoms. The zero-order chi connectivity index (χ0) is 22.4. The van der Waals surface area contributed by atoms with Gasteiger partial charge in [-0.05, 0) is 48.5 Å². The molecule has 0 aliphatic heterocycles. The van der Waals surface area contributed by atoms with Crippen LogP contribution < -0.4 is 19.8 Å². The summed E-state index contributed by atoms with van der Waals surface area (Å²) in [5, 5.41) is 7.63. The van der Waals surface area contributed by atoms with Gasteiger partial charge in [0.05, 0.1) is 25.5 Å². The molecule has 2 aromatic carbocycles. The smallest absolute Gasteiger partial charge is 0.282 e. The van der Waals surface area contributed by atoms with Crippen LogP contribution in [0.5, 0.6) is 11.5 Å². The predicted octanol–water partition coefficient (Wildman–Crippen LogP) is 4.38. The second-order valence-corrected chi connectivity index (χ2v) is 7.08. The van der Waals surface area contributed by atoms with Gasteiger partial charge >= 0.3 is 0 Å². The number of ether oxygens (including phenoxy) is 2. The van der Waals surface area contributed by atoms with Gasteiger partial charge in [-0.3, -0.25) is 9.59 Å². The van der Waals surface area contributed by atoms with Crippen LogP contribution >= 0.6 is 15.9 Å². The number of carbonyl (C=O) groups excluding carboxylic acids is 2. The molecular weight excluding hydrogens is 464 g/mol. The second kappa shape index (κ2) is 9.86. The Balaban J connectivity index is 1.94. The van der Waals surface area contributed by atoms with Gasteiger partial charge < -0.3 is 14.8 Å². The first-order valence-electron chi connectivity index (χ1n) is 9.03. The molecule has 158 valence electrons. The third-order valence-corrected chi connectivity index (χ3v) is 4.80. The van der Waals surface area contributed by atoms with Crippen molar-refractivity contribution in [2.24, 2.45) is 5.10 Å². The van der Waals surface area contributed by atoms with Crippen LogP contribution in [0.4, 0.5) is 11.5 Å². The van der Waals surface area contributed by atoms with Gasteiger partial charge in [0.25, 0.3) is 11.8 Å². The number of benzene rings is 2. The Morgan fingerprint density at radius 2 is 1.84 bits per heavy atom. The zero-order valence-corrected chi connectivity index (χ0v) is 18.4. The molecule has 9 heteroatoms. The van der Waals surface area contributed by atoms with Crippen molar-refractivity contribution in [3.63, 3.8) is 0 Å². The molecule has 0 saturated carbocycles. The van der Waals surface area contributed by atoms with E-state index in [0.29, 0.717) is 33.0 Å². The van der Waals surface area contributed by atoms with Gasteiger partial charge in [0.1, 0.15) is 0 Å². The molecule has 2 amide bonds. The number of carbonyl (C=O) groups is 2. The van der Waals surface area contributed by atoms with Crippen LogP contribution in [-0.4, -0.2) is 37.7 Å². The molecule has 0 fully saturated rings. The molecule has 1 N–H and O–H groups in total. The van der Waals surface area contributed by atoms with Gasteiger partial charge in [0.2, 0.25) is 0 Å². The summed E-state index contributed by atoms with van der Waals surface area (Å²) >= 11 is 3.36. The van der Waals surface area contributed by atoms with Gasteiger partial charge in [-0.15, -0.1) is 0 Å². The van der Waals surface area contributed by atoms with E-state index in [1.54, 1.807) is 60.8 Å². The van der Waals surface area contributed by atoms with Gasteiger partial charge in [-0.1, -0.05) is 22.0 Å². The Kier molecular flexibility index (Phi) is 6.99. The summed E-state index contributed by atoms with van der Waals surface area (Å²) in [7, 11) is 3.00. The normalized spacial score (nSPS) is 10.2. The molecule has 0 unspecified atom stereocenters. The van der Waals surface area contributed by atoms with E-state index >= 15 is 0 Å². The molecule has 0 aliphatic carbocycles. The Morgan fingerprint density at radius 1 is 1.06 bits per heavy atom. The van der Waals surface area contributed by atoms with E-state index < -0.39 is 11.8 Å². The largest absolute Gasteiger partial charge is 0.493 e. The standard InChI is InChI=1S/C22H19BrN4O4/c1-24-27(20-6-4-5-11-25-20)22(29)16-13-15(23)8-9-17(16)26-21(28)14-7-10-18(30-2)19(12-14)31-3/h4-13H,1H2,2-3H3,(H,26,28). The third kappa shape index (κ3) is 4.89. The zero-order valence-electron chi connectivity index (χ0n) is 16.8. The van der Waals surface area contributed by atoms with Crippen LogP contribution in [0.15, 0.2) is 70.4 Å². The second-order valence-electron chi connectivity index (χ2n) is 6.16. The predicted molar refractivity (Wildman–Crippen MR) is 122 cm³/mol. The highest BCUT2D eigenvalue weighted by Gasteiger charge is 2.22. The summed E-state index contributed by atoms with van der Waals surface area (Å²) in [4.78, 5) is 30.2. The van der Waals surface area contributed by atoms with E-state index in [4.69, 9.17) is 9.47 Å². The number of hydrogen-bond acceptors (Lipinski definition) is 6. The first kappa shape index (κ1) is 22.0. The van der Waals surface area contributed by atoms with E-state index in [1.165, 1.54) is 14.2 Å². The van der Waals surface area contributed by atoms with Crippen LogP contribution in [-0.2, 0) is 0 Å². The van der Waals surface area contributed by atoms with Crippen LogP contribution in [0.1, 0.15) is 20.7 Å². The van der Waals surface area contributed by atoms with Crippen molar-refractivity contribution in [3.05, 3.63) is 76.4 Å². The molecule has 0 aliphatic rings. The molecule has 1 heterocycles. The number of aromatic nitrogens is 1. The number of nitrogens with one attached hydrogen (secondary N) is 1. The Hall–Kier alpha value is -3.72. The molecule has 0 bridgehead atoms. The highest BCUT2D eigenvalue weighted by Crippen LogP contribution is 2.29. The summed E-state index contributed by atoms with van der Waals surface area (Å²) in [6, 6.07) is 14.8. The topological polar surface area (TPSA) is 93.1 Å². The van der Waals surface area contributed by atoms with E-state index in [9.17, 15) is 9.59 Å². The van der Waals surface area contributed by atoms with Crippen molar-refractivity contribution in [1.29, 1.82) is 0 Å². The lowest BCUT2D eigenvalue weighted by Gasteiger charge is -2.18. The summed E-state index contributed by atoms with van der Waals surface area (Å²) in [6.07, 6.45) is 1.54. The number of amides is 2. The summed E-state index contributed by atoms with van der Waals surface area (Å²) in [5.74, 6) is 0.298. The van der Waals surface area contributed by atoms with Crippen molar-refractivity contribution >= 4 is 46.0 Å². The SMILES string of the molecule is C=NN(C(=O)c1cc(Br)ccc1NC(=O)c1ccc(OC)c(OC)c1)c1ccccn1. The minimum atomic E-state index is -0.502. The summed E-state index contributed by atoms with van der Waals surface area (Å²) in [5.41, 5.74) is 0.848. The van der Waals surface area contributed by atoms with E-state index in [2.05, 4.69) is 38.0 Å². The number of hydrogen-bond donors (Lipinski definition) is 1. The first-order valence-corrected chi connectivity index (χ1v) is 9.82. The average molecular weight is 483 g/mol. The number of nitrogens with zero attached hydrogens (tertiary/aromatic N) is 3. The minimum absolute atomic E-state index is 0.209. The van der Waals surface area contributed by atoms with Crippen molar-refractivity contribution in [2.75, 3.05) is 24.5 Å². The maximum Gasteiger partial charge on any atom is 0.282 e. The van der Waals surface area contributed by atoms with Crippen molar-refractivity contribution in [2.45, 2.75) is 0 Å². The molecule has 0 radical (unpaired) electrons. The molecule has 1 aromatic heterocycles. The third-order valence-electron chi connectivity index (χ3n) is 4.31. The van der Waals surface area contributed by atoms with Crippen LogP contribution in [0.3, 0.4) is 0 Å². The Morgan fingerprint density at radius 3 is 2.48 bits per heavy atom. The number of hydrazone groups is 1. The highest BCUT2D eigenvalue weighted by molar-refractivity contribution is 9.10. The Bertz CT molecular complexity index is 1120. The summed E-state index contributed by atoms with van der Waals surface area (Å²) < 4.78 is 11.1. The van der Waals surface area contributed by atoms with Crippen molar-refractivity contribution in [3.8, 4) is 11.5 Å². The van der Waals surface area contributed by atoms with Gasteiger partial charge in [0.15, 0.2) is 17.3 Å². The number of rotatable bonds is 7. The average Bonchev–Trinajstić information content (AvgIpc) is 2.80. The first-order chi connectivity index (χ1) is 15.0. The molecule has 3 aromatic rings. The molecule has 0 spiro atoms. The lowest BCUT2D eigenvalue weighted by atomic mass is 10.1. The van der Waals surface area contributed by atoms with E-state index in [1.807, 2.05) is 0 Å². The Labute approximate surface area is 187 Å². The van der Waals surface area contributed by atoms with Crippen LogP contribution in [0, 0.1) is 0 Å². The number of methoxy groups -OCH3 is 2. The van der Waals surface area contributed by atoms with Crippen LogP contribution in [0.25, 0.3) is 0 Å². The lowest BCUT2D eigenvalue weighted by Crippen LogP contribution is -2.27. The van der Waals surface area contributed by atoms with Crippen LogP contribution in [0.2, 0.25) is 0 Å². The van der Waals surface area contributed by atoms with E-state index in [-0.39, 0.29) is 5.56 Å². The fourth-order valence-electron chi connectivity index (χ4n) is 2.81. The fraction of sp³-hybridized carbons (Fsp3) is 0.0909. The van der Waals surface area contributed by atoms with E-state index in [0.717, 1.165) is 5.01 Å². The van der Waals surface area contributed by atoms with Crippen molar-refractivity contribution in [1.82, 2.24) is 4.98 Å². The molecule has 8 nitrogen and oxygen atoms in total. The number of anilines is 2. The monoisotopic (exact) mass is 482 g/mol. The number of halogens is 1. The molecule has 0 saturated heterocycles. The minimum Gasteiger partial charge on any atom is -0.493 e. The maximum absolute atomic E-state index is 13.2. The lowest BCUT2D eigenvalue weighted by molar-refractivity contribution is 0.0988. The maximum atomic E-state index is 13.2. The van der Waals surface area contributed by atoms with Gasteiger partial charge in [-0.25, -0.2) is 4.98 Å². The van der Waals surface area contributed by atoms with Gasteiger partial charge in [0, 0.05) is 23.0 Å². The molecular formula is C22H19BrN4O4. The molecule has 0 atom stereocenters. The molecule has 3 rings (SSSR count). The quantitative estimate of drug-likeness (QED) is 0.398. The highest BCUT2D eigenvalue weighted by atomic mass is 79.9.